The van der Waals surface area contributed by atoms with Gasteiger partial charge in [-0.15, -0.1) is 0 Å². The van der Waals surface area contributed by atoms with E-state index in [2.05, 4.69) is 15.1 Å². The third kappa shape index (κ3) is 2.84. The Morgan fingerprint density at radius 3 is 3.00 bits per heavy atom. The Balaban J connectivity index is 2.06. The molecule has 2 heterocycles. The molecule has 0 fully saturated rings. The van der Waals surface area contributed by atoms with Gasteiger partial charge in [0.25, 0.3) is 0 Å². The third-order valence-electron chi connectivity index (χ3n) is 2.71. The fraction of sp³-hybridized carbons (Fsp3) is 0.0769. The van der Waals surface area contributed by atoms with Gasteiger partial charge in [0.1, 0.15) is 11.4 Å². The van der Waals surface area contributed by atoms with Gasteiger partial charge in [-0.25, -0.2) is 14.6 Å². The summed E-state index contributed by atoms with van der Waals surface area (Å²) >= 11 is 7.13. The SMILES string of the molecule is O=C(O)CSc1ncnc2c1cnn2-c1cccc(Cl)c1. The second-order valence-electron chi connectivity index (χ2n) is 4.13. The van der Waals surface area contributed by atoms with Gasteiger partial charge >= 0.3 is 5.97 Å². The van der Waals surface area contributed by atoms with Gasteiger partial charge < -0.3 is 5.11 Å². The molecule has 0 saturated carbocycles. The predicted octanol–water partition coefficient (Wildman–Crippen LogP) is 2.65. The van der Waals surface area contributed by atoms with Crippen molar-refractivity contribution in [2.24, 2.45) is 0 Å². The number of hydrogen-bond donors (Lipinski definition) is 1. The maximum atomic E-state index is 10.7. The van der Waals surface area contributed by atoms with E-state index >= 15 is 0 Å². The fourth-order valence-electron chi connectivity index (χ4n) is 1.86. The molecule has 0 atom stereocenters. The quantitative estimate of drug-likeness (QED) is 0.588. The van der Waals surface area contributed by atoms with Crippen molar-refractivity contribution in [1.82, 2.24) is 19.7 Å². The molecule has 106 valence electrons. The van der Waals surface area contributed by atoms with Crippen LogP contribution in [0, 0.1) is 0 Å². The molecule has 6 nitrogen and oxygen atoms in total. The summed E-state index contributed by atoms with van der Waals surface area (Å²) in [6, 6.07) is 7.25. The van der Waals surface area contributed by atoms with E-state index in [1.165, 1.54) is 6.33 Å². The van der Waals surface area contributed by atoms with Gasteiger partial charge in [-0.1, -0.05) is 29.4 Å². The Labute approximate surface area is 128 Å². The molecule has 2 aromatic heterocycles. The van der Waals surface area contributed by atoms with Crippen LogP contribution in [0.25, 0.3) is 16.7 Å². The van der Waals surface area contributed by atoms with Crippen LogP contribution in [0.1, 0.15) is 0 Å². The van der Waals surface area contributed by atoms with Crippen molar-refractivity contribution >= 4 is 40.4 Å². The molecule has 21 heavy (non-hydrogen) atoms. The Morgan fingerprint density at radius 2 is 2.24 bits per heavy atom. The van der Waals surface area contributed by atoms with Crippen molar-refractivity contribution in [3.63, 3.8) is 0 Å². The van der Waals surface area contributed by atoms with Gasteiger partial charge in [0.2, 0.25) is 0 Å². The Morgan fingerprint density at radius 1 is 1.38 bits per heavy atom. The number of halogens is 1. The maximum absolute atomic E-state index is 10.7. The largest absolute Gasteiger partial charge is 0.481 e. The zero-order valence-electron chi connectivity index (χ0n) is 10.6. The Bertz CT molecular complexity index is 821. The standard InChI is InChI=1S/C13H9ClN4O2S/c14-8-2-1-3-9(4-8)18-12-10(5-17-18)13(16-7-15-12)21-6-11(19)20/h1-5,7H,6H2,(H,19,20). The summed E-state index contributed by atoms with van der Waals surface area (Å²) in [6.45, 7) is 0. The predicted molar refractivity (Wildman–Crippen MR) is 80.0 cm³/mol. The molecule has 3 rings (SSSR count). The monoisotopic (exact) mass is 320 g/mol. The van der Waals surface area contributed by atoms with E-state index < -0.39 is 5.97 Å². The molecule has 0 radical (unpaired) electrons. The number of thioether (sulfide) groups is 1. The Kier molecular flexibility index (Phi) is 3.76. The third-order valence-corrected chi connectivity index (χ3v) is 3.94. The smallest absolute Gasteiger partial charge is 0.313 e. The summed E-state index contributed by atoms with van der Waals surface area (Å²) in [5.41, 5.74) is 1.39. The normalized spacial score (nSPS) is 10.9. The van der Waals surface area contributed by atoms with Gasteiger partial charge in [-0.2, -0.15) is 5.10 Å². The molecule has 0 aliphatic rings. The minimum absolute atomic E-state index is 0.0611. The molecule has 0 bridgehead atoms. The first kappa shape index (κ1) is 13.8. The van der Waals surface area contributed by atoms with Crippen molar-refractivity contribution in [2.45, 2.75) is 5.03 Å². The first-order chi connectivity index (χ1) is 10.1. The van der Waals surface area contributed by atoms with Gasteiger partial charge in [0, 0.05) is 5.02 Å². The van der Waals surface area contributed by atoms with Crippen LogP contribution in [0.2, 0.25) is 5.02 Å². The molecule has 0 aliphatic carbocycles. The molecule has 0 saturated heterocycles. The van der Waals surface area contributed by atoms with E-state index in [1.54, 1.807) is 23.0 Å². The molecule has 1 N–H and O–H groups in total. The average Bonchev–Trinajstić information content (AvgIpc) is 2.89. The van der Waals surface area contributed by atoms with Gasteiger partial charge in [-0.3, -0.25) is 4.79 Å². The summed E-state index contributed by atoms with van der Waals surface area (Å²) in [6.07, 6.45) is 3.02. The van der Waals surface area contributed by atoms with Crippen LogP contribution >= 0.6 is 23.4 Å². The zero-order valence-corrected chi connectivity index (χ0v) is 12.2. The number of benzene rings is 1. The maximum Gasteiger partial charge on any atom is 0.313 e. The minimum Gasteiger partial charge on any atom is -0.481 e. The van der Waals surface area contributed by atoms with E-state index in [-0.39, 0.29) is 5.75 Å². The van der Waals surface area contributed by atoms with Crippen molar-refractivity contribution in [3.05, 3.63) is 41.8 Å². The molecule has 0 amide bonds. The van der Waals surface area contributed by atoms with Crippen LogP contribution in [0.15, 0.2) is 41.8 Å². The number of aromatic nitrogens is 4. The molecule has 3 aromatic rings. The number of aliphatic carboxylic acids is 1. The van der Waals surface area contributed by atoms with Crippen LogP contribution in [-0.4, -0.2) is 36.6 Å². The van der Waals surface area contributed by atoms with Crippen LogP contribution < -0.4 is 0 Å². The van der Waals surface area contributed by atoms with Gasteiger partial charge in [0.05, 0.1) is 23.0 Å². The van der Waals surface area contributed by atoms with Gasteiger partial charge in [0.15, 0.2) is 5.65 Å². The summed E-state index contributed by atoms with van der Waals surface area (Å²) < 4.78 is 1.65. The number of nitrogens with zero attached hydrogens (tertiary/aromatic N) is 4. The number of carbonyl (C=O) groups is 1. The number of rotatable bonds is 4. The summed E-state index contributed by atoms with van der Waals surface area (Å²) in [5.74, 6) is -0.956. The van der Waals surface area contributed by atoms with Crippen molar-refractivity contribution < 1.29 is 9.90 Å². The van der Waals surface area contributed by atoms with Gasteiger partial charge in [-0.05, 0) is 18.2 Å². The summed E-state index contributed by atoms with van der Waals surface area (Å²) in [7, 11) is 0. The van der Waals surface area contributed by atoms with Crippen LogP contribution in [-0.2, 0) is 4.79 Å². The number of hydrogen-bond acceptors (Lipinski definition) is 5. The van der Waals surface area contributed by atoms with Crippen molar-refractivity contribution in [1.29, 1.82) is 0 Å². The molecule has 0 spiro atoms. The zero-order chi connectivity index (χ0) is 14.8. The number of carboxylic acid groups (broad SMARTS) is 1. The lowest BCUT2D eigenvalue weighted by atomic mass is 10.3. The average molecular weight is 321 g/mol. The van der Waals surface area contributed by atoms with Crippen LogP contribution in [0.3, 0.4) is 0 Å². The molecule has 0 unspecified atom stereocenters. The first-order valence-corrected chi connectivity index (χ1v) is 7.31. The fourth-order valence-corrected chi connectivity index (χ4v) is 2.73. The lowest BCUT2D eigenvalue weighted by Gasteiger charge is -2.04. The number of carboxylic acids is 1. The molecular weight excluding hydrogens is 312 g/mol. The van der Waals surface area contributed by atoms with Crippen molar-refractivity contribution in [3.8, 4) is 5.69 Å². The van der Waals surface area contributed by atoms with E-state index in [0.29, 0.717) is 21.1 Å². The van der Waals surface area contributed by atoms with E-state index in [9.17, 15) is 4.79 Å². The van der Waals surface area contributed by atoms with Crippen LogP contribution in [0.4, 0.5) is 0 Å². The lowest BCUT2D eigenvalue weighted by molar-refractivity contribution is -0.133. The first-order valence-electron chi connectivity index (χ1n) is 5.94. The second-order valence-corrected chi connectivity index (χ2v) is 5.54. The van der Waals surface area contributed by atoms with Crippen LogP contribution in [0.5, 0.6) is 0 Å². The lowest BCUT2D eigenvalue weighted by Crippen LogP contribution is -2.00. The molecule has 1 aromatic carbocycles. The number of fused-ring (bicyclic) bond motifs is 1. The topological polar surface area (TPSA) is 80.9 Å². The highest BCUT2D eigenvalue weighted by Gasteiger charge is 2.12. The highest BCUT2D eigenvalue weighted by atomic mass is 35.5. The highest BCUT2D eigenvalue weighted by Crippen LogP contribution is 2.26. The molecular formula is C13H9ClN4O2S. The van der Waals surface area contributed by atoms with E-state index in [0.717, 1.165) is 17.4 Å². The molecule has 0 aliphatic heterocycles. The second kappa shape index (κ2) is 5.71. The highest BCUT2D eigenvalue weighted by molar-refractivity contribution is 8.00. The summed E-state index contributed by atoms with van der Waals surface area (Å²) in [5, 5.41) is 15.0. The minimum atomic E-state index is -0.894. The van der Waals surface area contributed by atoms with E-state index in [1.807, 2.05) is 12.1 Å². The molecule has 8 heteroatoms. The van der Waals surface area contributed by atoms with E-state index in [4.69, 9.17) is 16.7 Å². The Hall–Kier alpha value is -2.12. The van der Waals surface area contributed by atoms with Crippen molar-refractivity contribution in [2.75, 3.05) is 5.75 Å². The summed E-state index contributed by atoms with van der Waals surface area (Å²) in [4.78, 5) is 19.0.